The minimum absolute atomic E-state index is 0.528. The standard InChI is InChI=1S/C12H18N6O/c1-3-4-10-16-11(13)8(2)12(17-10)14-6-5-9-15-7-19-18-9/h7H,3-6H2,1-2H3,(H3,13,14,16,17). The molecule has 7 heteroatoms. The molecule has 2 rings (SSSR count). The number of nitrogen functional groups attached to an aromatic ring is 1. The molecule has 2 heterocycles. The molecule has 0 saturated carbocycles. The molecule has 0 bridgehead atoms. The molecule has 0 saturated heterocycles. The van der Waals surface area contributed by atoms with Gasteiger partial charge in [-0.05, 0) is 13.3 Å². The molecule has 0 amide bonds. The Morgan fingerprint density at radius 2 is 2.11 bits per heavy atom. The molecule has 102 valence electrons. The van der Waals surface area contributed by atoms with Gasteiger partial charge in [0.2, 0.25) is 6.39 Å². The normalized spacial score (nSPS) is 10.6. The summed E-state index contributed by atoms with van der Waals surface area (Å²) in [7, 11) is 0. The summed E-state index contributed by atoms with van der Waals surface area (Å²) in [4.78, 5) is 12.7. The van der Waals surface area contributed by atoms with E-state index in [0.717, 1.165) is 30.0 Å². The van der Waals surface area contributed by atoms with Crippen LogP contribution in [0.3, 0.4) is 0 Å². The van der Waals surface area contributed by atoms with Crippen LogP contribution >= 0.6 is 0 Å². The van der Waals surface area contributed by atoms with Crippen molar-refractivity contribution in [3.63, 3.8) is 0 Å². The molecule has 2 aromatic rings. The number of nitrogens with two attached hydrogens (primary N) is 1. The number of aryl methyl sites for hydroxylation is 1. The molecule has 2 aromatic heterocycles. The predicted octanol–water partition coefficient (Wildman–Crippen LogP) is 1.36. The van der Waals surface area contributed by atoms with E-state index in [-0.39, 0.29) is 0 Å². The van der Waals surface area contributed by atoms with Gasteiger partial charge in [0, 0.05) is 24.9 Å². The molecule has 0 aliphatic carbocycles. The number of anilines is 2. The highest BCUT2D eigenvalue weighted by molar-refractivity contribution is 5.54. The van der Waals surface area contributed by atoms with Gasteiger partial charge in [0.15, 0.2) is 5.82 Å². The smallest absolute Gasteiger partial charge is 0.213 e. The Labute approximate surface area is 111 Å². The molecule has 3 N–H and O–H groups in total. The van der Waals surface area contributed by atoms with Crippen LogP contribution in [0, 0.1) is 6.92 Å². The molecule has 0 radical (unpaired) electrons. The van der Waals surface area contributed by atoms with Gasteiger partial charge in [-0.2, -0.15) is 4.98 Å². The van der Waals surface area contributed by atoms with Crippen molar-refractivity contribution in [2.75, 3.05) is 17.6 Å². The van der Waals surface area contributed by atoms with E-state index in [1.54, 1.807) is 0 Å². The maximum absolute atomic E-state index is 5.89. The monoisotopic (exact) mass is 262 g/mol. The van der Waals surface area contributed by atoms with Gasteiger partial charge < -0.3 is 15.6 Å². The Morgan fingerprint density at radius 3 is 2.79 bits per heavy atom. The quantitative estimate of drug-likeness (QED) is 0.810. The van der Waals surface area contributed by atoms with Crippen molar-refractivity contribution in [3.05, 3.63) is 23.6 Å². The van der Waals surface area contributed by atoms with Gasteiger partial charge in [-0.3, -0.25) is 0 Å². The SMILES string of the molecule is CCCc1nc(N)c(C)c(NCCc2ncon2)n1. The number of rotatable bonds is 6. The lowest BCUT2D eigenvalue weighted by molar-refractivity contribution is 0.410. The number of hydrogen-bond acceptors (Lipinski definition) is 7. The average Bonchev–Trinajstić information content (AvgIpc) is 2.88. The second kappa shape index (κ2) is 6.12. The van der Waals surface area contributed by atoms with Crippen LogP contribution in [0.2, 0.25) is 0 Å². The maximum atomic E-state index is 5.89. The van der Waals surface area contributed by atoms with Gasteiger partial charge in [-0.1, -0.05) is 12.1 Å². The van der Waals surface area contributed by atoms with Crippen LogP contribution in [0.5, 0.6) is 0 Å². The van der Waals surface area contributed by atoms with Crippen molar-refractivity contribution in [3.8, 4) is 0 Å². The molecule has 0 aliphatic rings. The lowest BCUT2D eigenvalue weighted by atomic mass is 10.2. The largest absolute Gasteiger partial charge is 0.383 e. The molecule has 0 fully saturated rings. The zero-order valence-electron chi connectivity index (χ0n) is 11.2. The van der Waals surface area contributed by atoms with Gasteiger partial charge in [0.25, 0.3) is 0 Å². The zero-order chi connectivity index (χ0) is 13.7. The molecule has 0 spiro atoms. The van der Waals surface area contributed by atoms with Crippen LogP contribution in [0.25, 0.3) is 0 Å². The summed E-state index contributed by atoms with van der Waals surface area (Å²) in [6.07, 6.45) is 3.81. The maximum Gasteiger partial charge on any atom is 0.213 e. The first-order chi connectivity index (χ1) is 9.20. The van der Waals surface area contributed by atoms with Crippen LogP contribution in [0.4, 0.5) is 11.6 Å². The fraction of sp³-hybridized carbons (Fsp3) is 0.500. The van der Waals surface area contributed by atoms with Crippen LogP contribution in [0.1, 0.15) is 30.6 Å². The minimum Gasteiger partial charge on any atom is -0.383 e. The molecule has 0 aliphatic heterocycles. The molecule has 0 atom stereocenters. The number of nitrogens with one attached hydrogen (secondary N) is 1. The van der Waals surface area contributed by atoms with E-state index < -0.39 is 0 Å². The fourth-order valence-corrected chi connectivity index (χ4v) is 1.68. The predicted molar refractivity (Wildman–Crippen MR) is 71.7 cm³/mol. The average molecular weight is 262 g/mol. The summed E-state index contributed by atoms with van der Waals surface area (Å²) in [5, 5.41) is 6.99. The molecule has 19 heavy (non-hydrogen) atoms. The van der Waals surface area contributed by atoms with E-state index in [1.807, 2.05) is 6.92 Å². The Balaban J connectivity index is 2.02. The number of aromatic nitrogens is 4. The van der Waals surface area contributed by atoms with E-state index in [0.29, 0.717) is 24.6 Å². The van der Waals surface area contributed by atoms with E-state index >= 15 is 0 Å². The minimum atomic E-state index is 0.528. The lowest BCUT2D eigenvalue weighted by Gasteiger charge is -2.11. The first-order valence-corrected chi connectivity index (χ1v) is 6.32. The molecule has 0 aromatic carbocycles. The zero-order valence-corrected chi connectivity index (χ0v) is 11.2. The van der Waals surface area contributed by atoms with E-state index in [4.69, 9.17) is 5.73 Å². The molecular weight excluding hydrogens is 244 g/mol. The van der Waals surface area contributed by atoms with Crippen molar-refractivity contribution < 1.29 is 4.52 Å². The van der Waals surface area contributed by atoms with Crippen LogP contribution < -0.4 is 11.1 Å². The van der Waals surface area contributed by atoms with Gasteiger partial charge in [0.1, 0.15) is 17.5 Å². The molecular formula is C12H18N6O. The van der Waals surface area contributed by atoms with Gasteiger partial charge >= 0.3 is 0 Å². The summed E-state index contributed by atoms with van der Waals surface area (Å²) in [5.41, 5.74) is 6.76. The lowest BCUT2D eigenvalue weighted by Crippen LogP contribution is -2.12. The number of hydrogen-bond donors (Lipinski definition) is 2. The van der Waals surface area contributed by atoms with E-state index in [2.05, 4.69) is 36.9 Å². The highest BCUT2D eigenvalue weighted by Crippen LogP contribution is 2.17. The van der Waals surface area contributed by atoms with Crippen LogP contribution in [0.15, 0.2) is 10.9 Å². The van der Waals surface area contributed by atoms with Gasteiger partial charge in [0.05, 0.1) is 0 Å². The number of nitrogens with zero attached hydrogens (tertiary/aromatic N) is 4. The third kappa shape index (κ3) is 3.40. The molecule has 7 nitrogen and oxygen atoms in total. The van der Waals surface area contributed by atoms with Crippen LogP contribution in [-0.2, 0) is 12.8 Å². The fourth-order valence-electron chi connectivity index (χ4n) is 1.68. The van der Waals surface area contributed by atoms with Gasteiger partial charge in [-0.15, -0.1) is 0 Å². The summed E-state index contributed by atoms with van der Waals surface area (Å²) in [6, 6.07) is 0. The Kier molecular flexibility index (Phi) is 4.27. The Bertz CT molecular complexity index is 525. The Hall–Kier alpha value is -2.18. The molecule has 0 unspecified atom stereocenters. The summed E-state index contributed by atoms with van der Waals surface area (Å²) < 4.78 is 4.68. The summed E-state index contributed by atoms with van der Waals surface area (Å²) in [5.74, 6) is 2.74. The first-order valence-electron chi connectivity index (χ1n) is 6.32. The van der Waals surface area contributed by atoms with Crippen molar-refractivity contribution >= 4 is 11.6 Å². The van der Waals surface area contributed by atoms with E-state index in [9.17, 15) is 0 Å². The topological polar surface area (TPSA) is 103 Å². The summed E-state index contributed by atoms with van der Waals surface area (Å²) in [6.45, 7) is 4.66. The first kappa shape index (κ1) is 13.3. The van der Waals surface area contributed by atoms with E-state index in [1.165, 1.54) is 6.39 Å². The second-order valence-corrected chi connectivity index (χ2v) is 4.27. The van der Waals surface area contributed by atoms with Crippen molar-refractivity contribution in [1.29, 1.82) is 0 Å². The highest BCUT2D eigenvalue weighted by atomic mass is 16.5. The van der Waals surface area contributed by atoms with Gasteiger partial charge in [-0.25, -0.2) is 9.97 Å². The third-order valence-corrected chi connectivity index (χ3v) is 2.75. The van der Waals surface area contributed by atoms with Crippen molar-refractivity contribution in [2.45, 2.75) is 33.1 Å². The van der Waals surface area contributed by atoms with Crippen molar-refractivity contribution in [1.82, 2.24) is 20.1 Å². The highest BCUT2D eigenvalue weighted by Gasteiger charge is 2.08. The second-order valence-electron chi connectivity index (χ2n) is 4.27. The third-order valence-electron chi connectivity index (χ3n) is 2.75. The van der Waals surface area contributed by atoms with Crippen LogP contribution in [-0.4, -0.2) is 26.7 Å². The van der Waals surface area contributed by atoms with Crippen molar-refractivity contribution in [2.24, 2.45) is 0 Å². The Morgan fingerprint density at radius 1 is 1.26 bits per heavy atom. The summed E-state index contributed by atoms with van der Waals surface area (Å²) >= 11 is 0.